The van der Waals surface area contributed by atoms with Crippen molar-refractivity contribution in [2.75, 3.05) is 9.80 Å². The average molecular weight is 987 g/mol. The summed E-state index contributed by atoms with van der Waals surface area (Å²) in [5, 5.41) is 0. The van der Waals surface area contributed by atoms with Gasteiger partial charge in [0.1, 0.15) is 0 Å². The van der Waals surface area contributed by atoms with E-state index >= 15 is 0 Å². The third-order valence-electron chi connectivity index (χ3n) is 16.5. The summed E-state index contributed by atoms with van der Waals surface area (Å²) >= 11 is 0. The highest BCUT2D eigenvalue weighted by Gasteiger charge is 2.53. The van der Waals surface area contributed by atoms with Crippen LogP contribution in [-0.2, 0) is 37.9 Å². The molecule has 2 aliphatic rings. The second kappa shape index (κ2) is 17.7. The van der Waals surface area contributed by atoms with Gasteiger partial charge < -0.3 is 9.80 Å². The van der Waals surface area contributed by atoms with E-state index in [0.29, 0.717) is 0 Å². The van der Waals surface area contributed by atoms with Crippen molar-refractivity contribution in [1.29, 1.82) is 0 Å². The molecule has 0 atom stereocenters. The number of hydrogen-bond acceptors (Lipinski definition) is 2. The maximum absolute atomic E-state index is 2.60. The largest absolute Gasteiger partial charge is 0.310 e. The fraction of sp³-hybridized carbons (Fsp3) is 0.342. The maximum atomic E-state index is 2.60. The first kappa shape index (κ1) is 51.8. The average Bonchev–Trinajstić information content (AvgIpc) is 3.34. The molecule has 0 bridgehead atoms. The molecule has 10 rings (SSSR count). The lowest BCUT2D eigenvalue weighted by atomic mass is 9.59. The van der Waals surface area contributed by atoms with Gasteiger partial charge in [0.05, 0.1) is 28.2 Å². The Morgan fingerprint density at radius 3 is 0.613 bits per heavy atom. The van der Waals surface area contributed by atoms with E-state index in [0.717, 1.165) is 11.4 Å². The Morgan fingerprint density at radius 2 is 0.413 bits per heavy atom. The molecule has 0 radical (unpaired) electrons. The van der Waals surface area contributed by atoms with Crippen molar-refractivity contribution in [2.45, 2.75) is 163 Å². The van der Waals surface area contributed by atoms with Gasteiger partial charge in [-0.3, -0.25) is 0 Å². The topological polar surface area (TPSA) is 6.48 Å². The van der Waals surface area contributed by atoms with Crippen molar-refractivity contribution in [3.05, 3.63) is 225 Å². The zero-order chi connectivity index (χ0) is 54.0. The molecule has 8 aromatic carbocycles. The number of hydrogen-bond donors (Lipinski definition) is 0. The van der Waals surface area contributed by atoms with Crippen LogP contribution >= 0.6 is 0 Å². The minimum Gasteiger partial charge on any atom is -0.310 e. The molecule has 0 fully saturated rings. The summed E-state index contributed by atoms with van der Waals surface area (Å²) in [4.78, 5) is 5.19. The van der Waals surface area contributed by atoms with Crippen LogP contribution in [0, 0.1) is 0 Å². The number of anilines is 6. The van der Waals surface area contributed by atoms with Crippen LogP contribution in [0.2, 0.25) is 0 Å². The fourth-order valence-corrected chi connectivity index (χ4v) is 11.6. The van der Waals surface area contributed by atoms with E-state index in [9.17, 15) is 0 Å². The van der Waals surface area contributed by atoms with Crippen molar-refractivity contribution in [2.24, 2.45) is 0 Å². The smallest absolute Gasteiger partial charge is 0.0782 e. The molecule has 0 unspecified atom stereocenters. The van der Waals surface area contributed by atoms with E-state index in [1.54, 1.807) is 0 Å². The van der Waals surface area contributed by atoms with E-state index in [2.05, 4.69) is 304 Å². The molecule has 2 nitrogen and oxygen atoms in total. The molecule has 0 saturated heterocycles. The predicted molar refractivity (Wildman–Crippen MR) is 324 cm³/mol. The van der Waals surface area contributed by atoms with Gasteiger partial charge in [-0.15, -0.1) is 0 Å². The summed E-state index contributed by atoms with van der Waals surface area (Å²) in [6.45, 7) is 41.9. The molecule has 0 aromatic heterocycles. The standard InChI is InChI=1S/C73H82N2/c1-67(2,3)51-27-19-47(20-28-51)49-23-35-57(36-24-49)74-63-43-53(69(7,8)9)31-39-59(63)73(60-40-32-54(44-64(60)74)70(10,11)12)61-41-33-55(71(13,14)15)45-65(61)75(66-46-56(72(16,17)18)34-42-62(66)73)58-37-25-50(26-38-58)48-21-29-52(30-22-48)68(4,5)6/h19-46H,1-18H3. The van der Waals surface area contributed by atoms with Crippen LogP contribution in [-0.4, -0.2) is 0 Å². The summed E-state index contributed by atoms with van der Waals surface area (Å²) in [7, 11) is 0. The van der Waals surface area contributed by atoms with Crippen LogP contribution in [0.25, 0.3) is 22.3 Å². The van der Waals surface area contributed by atoms with Crippen LogP contribution in [0.15, 0.2) is 170 Å². The van der Waals surface area contributed by atoms with Gasteiger partial charge in [0.25, 0.3) is 0 Å². The highest BCUT2D eigenvalue weighted by molar-refractivity contribution is 5.97. The molecule has 8 aromatic rings. The Balaban J connectivity index is 1.27. The Labute approximate surface area is 451 Å². The van der Waals surface area contributed by atoms with Crippen LogP contribution in [0.4, 0.5) is 34.1 Å². The number of rotatable bonds is 4. The van der Waals surface area contributed by atoms with E-state index < -0.39 is 5.41 Å². The van der Waals surface area contributed by atoms with Crippen molar-refractivity contribution < 1.29 is 0 Å². The molecule has 384 valence electrons. The second-order valence-electron chi connectivity index (χ2n) is 28.1. The fourth-order valence-electron chi connectivity index (χ4n) is 11.6. The summed E-state index contributed by atoms with van der Waals surface area (Å²) in [6.07, 6.45) is 0. The Kier molecular flexibility index (Phi) is 12.2. The lowest BCUT2D eigenvalue weighted by Crippen LogP contribution is -2.42. The van der Waals surface area contributed by atoms with Gasteiger partial charge in [-0.25, -0.2) is 0 Å². The SMILES string of the molecule is CC(C)(C)c1ccc(-c2ccc(N3c4cc(C(C)(C)C)ccc4C4(c5ccc(C(C)(C)C)cc53)c3ccc(C(C)(C)C)cc3N(c3ccc(-c5ccc(C(C)(C)C)cc5)cc3)c3cc(C(C)(C)C)ccc34)cc2)cc1. The highest BCUT2D eigenvalue weighted by atomic mass is 15.2. The first-order chi connectivity index (χ1) is 35.0. The number of benzene rings is 8. The van der Waals surface area contributed by atoms with E-state index in [-0.39, 0.29) is 32.5 Å². The van der Waals surface area contributed by atoms with Crippen molar-refractivity contribution in [1.82, 2.24) is 0 Å². The van der Waals surface area contributed by atoms with Crippen molar-refractivity contribution >= 4 is 34.1 Å². The molecule has 2 heteroatoms. The summed E-state index contributed by atoms with van der Waals surface area (Å²) in [5.74, 6) is 0. The third kappa shape index (κ3) is 9.15. The first-order valence-electron chi connectivity index (χ1n) is 27.6. The molecular weight excluding hydrogens is 905 g/mol. The molecule has 1 spiro atoms. The lowest BCUT2D eigenvalue weighted by molar-refractivity contribution is 0.584. The van der Waals surface area contributed by atoms with Crippen LogP contribution in [0.5, 0.6) is 0 Å². The first-order valence-corrected chi connectivity index (χ1v) is 27.6. The Hall–Kier alpha value is -6.64. The van der Waals surface area contributed by atoms with Crippen LogP contribution < -0.4 is 9.80 Å². The summed E-state index contributed by atoms with van der Waals surface area (Å²) < 4.78 is 0. The van der Waals surface area contributed by atoms with E-state index in [1.165, 1.54) is 101 Å². The van der Waals surface area contributed by atoms with Gasteiger partial charge in [-0.05, 0) is 159 Å². The second-order valence-corrected chi connectivity index (χ2v) is 28.1. The monoisotopic (exact) mass is 987 g/mol. The van der Waals surface area contributed by atoms with Crippen LogP contribution in [0.1, 0.15) is 180 Å². The van der Waals surface area contributed by atoms with E-state index in [4.69, 9.17) is 0 Å². The van der Waals surface area contributed by atoms with Gasteiger partial charge in [0.15, 0.2) is 0 Å². The molecule has 2 heterocycles. The highest BCUT2D eigenvalue weighted by Crippen LogP contribution is 2.65. The lowest BCUT2D eigenvalue weighted by Gasteiger charge is -2.52. The zero-order valence-electron chi connectivity index (χ0n) is 48.6. The maximum Gasteiger partial charge on any atom is 0.0782 e. The minimum absolute atomic E-state index is 0.0896. The Morgan fingerprint density at radius 1 is 0.227 bits per heavy atom. The number of fused-ring (bicyclic) bond motifs is 8. The quantitative estimate of drug-likeness (QED) is 0.173. The molecule has 0 amide bonds. The van der Waals surface area contributed by atoms with E-state index in [1.807, 2.05) is 0 Å². The molecule has 75 heavy (non-hydrogen) atoms. The summed E-state index contributed by atoms with van der Waals surface area (Å²) in [6, 6.07) is 66.7. The third-order valence-corrected chi connectivity index (χ3v) is 16.5. The normalized spacial score (nSPS) is 14.6. The van der Waals surface area contributed by atoms with Gasteiger partial charge in [-0.2, -0.15) is 0 Å². The molecule has 0 N–H and O–H groups in total. The number of nitrogens with zero attached hydrogens (tertiary/aromatic N) is 2. The molecular formula is C73H82N2. The predicted octanol–water partition coefficient (Wildman–Crippen LogP) is 20.8. The Bertz CT molecular complexity index is 3060. The zero-order valence-corrected chi connectivity index (χ0v) is 48.6. The summed E-state index contributed by atoms with van der Waals surface area (Å²) in [5.41, 5.74) is 24.3. The molecule has 0 saturated carbocycles. The molecule has 2 aliphatic heterocycles. The van der Waals surface area contributed by atoms with Gasteiger partial charge in [-0.1, -0.05) is 246 Å². The molecule has 0 aliphatic carbocycles. The van der Waals surface area contributed by atoms with Gasteiger partial charge >= 0.3 is 0 Å². The van der Waals surface area contributed by atoms with Crippen LogP contribution in [0.3, 0.4) is 0 Å². The van der Waals surface area contributed by atoms with Crippen molar-refractivity contribution in [3.8, 4) is 22.3 Å². The van der Waals surface area contributed by atoms with Gasteiger partial charge in [0.2, 0.25) is 0 Å². The van der Waals surface area contributed by atoms with Gasteiger partial charge in [0, 0.05) is 11.4 Å². The van der Waals surface area contributed by atoms with Crippen molar-refractivity contribution in [3.63, 3.8) is 0 Å². The minimum atomic E-state index is -0.689.